The quantitative estimate of drug-likeness (QED) is 0.200. The van der Waals surface area contributed by atoms with Crippen molar-refractivity contribution in [3.63, 3.8) is 0 Å². The Bertz CT molecular complexity index is 516. The van der Waals surface area contributed by atoms with Crippen LogP contribution in [0.1, 0.15) is 42.8 Å². The lowest BCUT2D eigenvalue weighted by molar-refractivity contribution is -0.377. The molecule has 2 unspecified atom stereocenters. The molecule has 0 fully saturated rings. The maximum Gasteiger partial charge on any atom is 0.631 e. The van der Waals surface area contributed by atoms with Crippen molar-refractivity contribution in [2.75, 3.05) is 0 Å². The molecule has 23 heavy (non-hydrogen) atoms. The van der Waals surface area contributed by atoms with Gasteiger partial charge in [-0.25, -0.2) is 4.89 Å². The average Bonchev–Trinajstić information content (AvgIpc) is 2.43. The van der Waals surface area contributed by atoms with Crippen molar-refractivity contribution in [1.82, 2.24) is 0 Å². The number of carbonyl (C=O) groups is 1. The molecule has 130 valence electrons. The minimum atomic E-state index is -2.17. The zero-order valence-electron chi connectivity index (χ0n) is 13.0. The van der Waals surface area contributed by atoms with E-state index in [9.17, 15) is 15.0 Å². The number of amides is 1. The minimum absolute atomic E-state index is 0.215. The summed E-state index contributed by atoms with van der Waals surface area (Å²) in [6, 6.07) is 5.97. The molecule has 8 N–H and O–H groups in total. The van der Waals surface area contributed by atoms with Gasteiger partial charge in [-0.05, 0) is 38.5 Å². The first-order valence-corrected chi connectivity index (χ1v) is 6.53. The standard InChI is InChI=1S/C13H19NO5.BH3O3/c1-12(2,17)13(3,19-18)10(15)8-5-4-6-9(7-8)11(14)16;2-1(3)4/h4-7,10,15,17-18H,1-3H3,(H2,14,16);2-4H. The topological polar surface area (TPSA) is 174 Å². The number of rotatable bonds is 5. The summed E-state index contributed by atoms with van der Waals surface area (Å²) in [5.74, 6) is -0.635. The van der Waals surface area contributed by atoms with E-state index in [1.54, 1.807) is 12.1 Å². The summed E-state index contributed by atoms with van der Waals surface area (Å²) in [6.45, 7) is 4.14. The lowest BCUT2D eigenvalue weighted by atomic mass is 9.79. The first-order valence-electron chi connectivity index (χ1n) is 6.53. The molecule has 0 bridgehead atoms. The van der Waals surface area contributed by atoms with Gasteiger partial charge in [-0.15, -0.1) is 0 Å². The van der Waals surface area contributed by atoms with E-state index < -0.39 is 30.5 Å². The fourth-order valence-electron chi connectivity index (χ4n) is 1.68. The van der Waals surface area contributed by atoms with Gasteiger partial charge in [-0.3, -0.25) is 10.1 Å². The van der Waals surface area contributed by atoms with Gasteiger partial charge >= 0.3 is 7.32 Å². The van der Waals surface area contributed by atoms with Gasteiger partial charge < -0.3 is 31.0 Å². The van der Waals surface area contributed by atoms with Crippen LogP contribution in [0.4, 0.5) is 0 Å². The number of benzene rings is 1. The van der Waals surface area contributed by atoms with Gasteiger partial charge in [-0.1, -0.05) is 12.1 Å². The van der Waals surface area contributed by atoms with E-state index in [0.29, 0.717) is 5.56 Å². The largest absolute Gasteiger partial charge is 0.631 e. The lowest BCUT2D eigenvalue weighted by Gasteiger charge is -2.40. The molecule has 10 heteroatoms. The second-order valence-corrected chi connectivity index (χ2v) is 5.50. The Morgan fingerprint density at radius 2 is 1.74 bits per heavy atom. The molecule has 0 saturated carbocycles. The number of hydrogen-bond acceptors (Lipinski definition) is 8. The Morgan fingerprint density at radius 3 is 2.09 bits per heavy atom. The number of primary amides is 1. The molecule has 0 aliphatic rings. The average molecular weight is 331 g/mol. The van der Waals surface area contributed by atoms with Crippen LogP contribution in [-0.4, -0.2) is 55.0 Å². The van der Waals surface area contributed by atoms with Crippen LogP contribution in [-0.2, 0) is 4.89 Å². The summed E-state index contributed by atoms with van der Waals surface area (Å²) in [4.78, 5) is 15.4. The molecule has 0 radical (unpaired) electrons. The number of aliphatic hydroxyl groups excluding tert-OH is 1. The Kier molecular flexibility index (Phi) is 7.81. The third kappa shape index (κ3) is 5.88. The molecule has 0 aromatic heterocycles. The highest BCUT2D eigenvalue weighted by atomic mass is 17.1. The van der Waals surface area contributed by atoms with Gasteiger partial charge in [0.05, 0.1) is 5.60 Å². The molecule has 1 amide bonds. The van der Waals surface area contributed by atoms with Crippen LogP contribution in [0.2, 0.25) is 0 Å². The van der Waals surface area contributed by atoms with Crippen LogP contribution < -0.4 is 5.73 Å². The van der Waals surface area contributed by atoms with Crippen molar-refractivity contribution >= 4 is 13.2 Å². The molecule has 1 aromatic rings. The number of nitrogens with two attached hydrogens (primary N) is 1. The highest BCUT2D eigenvalue weighted by Crippen LogP contribution is 2.37. The van der Waals surface area contributed by atoms with Crippen LogP contribution in [0.5, 0.6) is 0 Å². The van der Waals surface area contributed by atoms with Gasteiger partial charge in [-0.2, -0.15) is 0 Å². The first-order chi connectivity index (χ1) is 10.4. The second kappa shape index (κ2) is 8.36. The summed E-state index contributed by atoms with van der Waals surface area (Å²) >= 11 is 0. The second-order valence-electron chi connectivity index (χ2n) is 5.50. The molecule has 1 rings (SSSR count). The normalized spacial score (nSPS) is 15.0. The molecule has 2 atom stereocenters. The van der Waals surface area contributed by atoms with Gasteiger partial charge in [0, 0.05) is 5.56 Å². The van der Waals surface area contributed by atoms with Crippen LogP contribution in [0.25, 0.3) is 0 Å². The van der Waals surface area contributed by atoms with Crippen molar-refractivity contribution in [3.05, 3.63) is 35.4 Å². The van der Waals surface area contributed by atoms with E-state index in [0.717, 1.165) is 0 Å². The zero-order chi connectivity index (χ0) is 18.4. The summed E-state index contributed by atoms with van der Waals surface area (Å²) in [5, 5.41) is 50.8. The van der Waals surface area contributed by atoms with Crippen molar-refractivity contribution in [3.8, 4) is 0 Å². The van der Waals surface area contributed by atoms with Gasteiger partial charge in [0.15, 0.2) is 5.60 Å². The molecule has 0 spiro atoms. The fourth-order valence-corrected chi connectivity index (χ4v) is 1.68. The van der Waals surface area contributed by atoms with Crippen LogP contribution in [0.3, 0.4) is 0 Å². The number of aliphatic hydroxyl groups is 2. The minimum Gasteiger partial charge on any atom is -0.402 e. The molecule has 0 aliphatic carbocycles. The molecular formula is C13H22BNO8. The molecule has 0 saturated heterocycles. The van der Waals surface area contributed by atoms with Crippen molar-refractivity contribution in [2.24, 2.45) is 5.73 Å². The lowest BCUT2D eigenvalue weighted by Crippen LogP contribution is -2.53. The Labute approximate surface area is 133 Å². The smallest absolute Gasteiger partial charge is 0.402 e. The first kappa shape index (κ1) is 21.5. The third-order valence-corrected chi connectivity index (χ3v) is 3.41. The Balaban J connectivity index is 0.00000108. The fraction of sp³-hybridized carbons (Fsp3) is 0.462. The van der Waals surface area contributed by atoms with E-state index >= 15 is 0 Å². The van der Waals surface area contributed by atoms with Gasteiger partial charge in [0.1, 0.15) is 6.10 Å². The van der Waals surface area contributed by atoms with Crippen molar-refractivity contribution < 1.29 is 40.2 Å². The summed E-state index contributed by atoms with van der Waals surface area (Å²) in [7, 11) is -2.17. The molecule has 1 aromatic carbocycles. The number of hydrogen-bond donors (Lipinski definition) is 7. The van der Waals surface area contributed by atoms with Crippen molar-refractivity contribution in [2.45, 2.75) is 38.1 Å². The third-order valence-electron chi connectivity index (χ3n) is 3.41. The van der Waals surface area contributed by atoms with Crippen molar-refractivity contribution in [1.29, 1.82) is 0 Å². The molecular weight excluding hydrogens is 309 g/mol. The van der Waals surface area contributed by atoms with Gasteiger partial charge in [0.2, 0.25) is 5.91 Å². The van der Waals surface area contributed by atoms with Crippen LogP contribution >= 0.6 is 0 Å². The SMILES string of the molecule is CC(C)(O)C(C)(OO)C(O)c1cccc(C(N)=O)c1.OB(O)O. The van der Waals surface area contributed by atoms with Crippen LogP contribution in [0.15, 0.2) is 24.3 Å². The molecule has 0 aliphatic heterocycles. The Hall–Kier alpha value is -1.53. The molecule has 9 nitrogen and oxygen atoms in total. The summed E-state index contributed by atoms with van der Waals surface area (Å²) in [5.41, 5.74) is 2.49. The summed E-state index contributed by atoms with van der Waals surface area (Å²) in [6.07, 6.45) is -1.35. The van der Waals surface area contributed by atoms with E-state index in [-0.39, 0.29) is 5.56 Å². The van der Waals surface area contributed by atoms with E-state index in [1.807, 2.05) is 0 Å². The highest BCUT2D eigenvalue weighted by molar-refractivity contribution is 6.30. The zero-order valence-corrected chi connectivity index (χ0v) is 13.0. The van der Waals surface area contributed by atoms with E-state index in [1.165, 1.54) is 32.9 Å². The maximum atomic E-state index is 11.1. The predicted octanol–water partition coefficient (Wildman–Crippen LogP) is -1.21. The molecule has 0 heterocycles. The van der Waals surface area contributed by atoms with E-state index in [2.05, 4.69) is 4.89 Å². The van der Waals surface area contributed by atoms with Crippen LogP contribution in [0, 0.1) is 0 Å². The van der Waals surface area contributed by atoms with E-state index in [4.69, 9.17) is 26.1 Å². The highest BCUT2D eigenvalue weighted by Gasteiger charge is 2.48. The Morgan fingerprint density at radius 1 is 1.26 bits per heavy atom. The monoisotopic (exact) mass is 331 g/mol. The maximum absolute atomic E-state index is 11.1. The van der Waals surface area contributed by atoms with Gasteiger partial charge in [0.25, 0.3) is 0 Å². The predicted molar refractivity (Wildman–Crippen MR) is 80.7 cm³/mol. The number of carbonyl (C=O) groups excluding carboxylic acids is 1. The summed E-state index contributed by atoms with van der Waals surface area (Å²) < 4.78 is 0.